The number of benzene rings is 2. The highest BCUT2D eigenvalue weighted by atomic mass is 14.8. The molecule has 0 aliphatic rings. The Morgan fingerprint density at radius 3 is 1.75 bits per heavy atom. The van der Waals surface area contributed by atoms with E-state index in [0.717, 1.165) is 23.2 Å². The summed E-state index contributed by atoms with van der Waals surface area (Å²) in [6.07, 6.45) is 0. The van der Waals surface area contributed by atoms with Crippen LogP contribution in [0.25, 0.3) is 0 Å². The number of rotatable bonds is 2. The van der Waals surface area contributed by atoms with Crippen molar-refractivity contribution in [3.05, 3.63) is 68.8 Å². The Morgan fingerprint density at radius 1 is 0.708 bits per heavy atom. The SMILES string of the molecule is CC#Cc1cc(C)c(C#Cc2cc(CNC)c(C)cc2C)cc1C. The third kappa shape index (κ3) is 4.08. The second kappa shape index (κ2) is 7.87. The molecule has 0 atom stereocenters. The van der Waals surface area contributed by atoms with Crippen LogP contribution in [0.5, 0.6) is 0 Å². The zero-order valence-corrected chi connectivity index (χ0v) is 15.5. The van der Waals surface area contributed by atoms with Crippen LogP contribution < -0.4 is 5.32 Å². The lowest BCUT2D eigenvalue weighted by Gasteiger charge is -2.08. The normalized spacial score (nSPS) is 9.75. The number of nitrogens with one attached hydrogen (secondary N) is 1. The van der Waals surface area contributed by atoms with Crippen LogP contribution in [0.1, 0.15) is 51.4 Å². The second-order valence-electron chi connectivity index (χ2n) is 6.23. The molecule has 0 aliphatic carbocycles. The van der Waals surface area contributed by atoms with E-state index in [1.165, 1.54) is 27.8 Å². The van der Waals surface area contributed by atoms with Crippen LogP contribution in [0.4, 0.5) is 0 Å². The molecule has 0 amide bonds. The molecule has 0 saturated carbocycles. The summed E-state index contributed by atoms with van der Waals surface area (Å²) in [5.74, 6) is 12.8. The maximum absolute atomic E-state index is 3.36. The van der Waals surface area contributed by atoms with Crippen molar-refractivity contribution in [1.82, 2.24) is 5.32 Å². The van der Waals surface area contributed by atoms with Gasteiger partial charge in [-0.2, -0.15) is 0 Å². The van der Waals surface area contributed by atoms with Gasteiger partial charge < -0.3 is 5.32 Å². The van der Waals surface area contributed by atoms with Gasteiger partial charge in [-0.1, -0.05) is 23.8 Å². The van der Waals surface area contributed by atoms with Crippen molar-refractivity contribution in [3.8, 4) is 23.7 Å². The predicted molar refractivity (Wildman–Crippen MR) is 103 cm³/mol. The first-order valence-electron chi connectivity index (χ1n) is 8.27. The van der Waals surface area contributed by atoms with E-state index in [-0.39, 0.29) is 0 Å². The van der Waals surface area contributed by atoms with E-state index >= 15 is 0 Å². The molecule has 1 heteroatoms. The van der Waals surface area contributed by atoms with E-state index in [1.54, 1.807) is 0 Å². The van der Waals surface area contributed by atoms with Crippen molar-refractivity contribution in [3.63, 3.8) is 0 Å². The Hall–Kier alpha value is -2.48. The molecule has 2 rings (SSSR count). The molecule has 0 fully saturated rings. The molecule has 0 heterocycles. The summed E-state index contributed by atoms with van der Waals surface area (Å²) in [6, 6.07) is 8.69. The van der Waals surface area contributed by atoms with Crippen molar-refractivity contribution in [1.29, 1.82) is 0 Å². The van der Waals surface area contributed by atoms with Crippen LogP contribution in [0, 0.1) is 51.4 Å². The highest BCUT2D eigenvalue weighted by Gasteiger charge is 2.04. The number of hydrogen-bond donors (Lipinski definition) is 1. The van der Waals surface area contributed by atoms with Crippen LogP contribution in [0.2, 0.25) is 0 Å². The third-order valence-corrected chi connectivity index (χ3v) is 4.21. The fourth-order valence-corrected chi connectivity index (χ4v) is 2.77. The lowest BCUT2D eigenvalue weighted by atomic mass is 9.98. The molecule has 122 valence electrons. The van der Waals surface area contributed by atoms with Gasteiger partial charge in [0.05, 0.1) is 0 Å². The summed E-state index contributed by atoms with van der Waals surface area (Å²) < 4.78 is 0. The standard InChI is InChI=1S/C23H25N/c1-7-8-20-12-19(5)21(13-18(20)4)9-10-22-14-23(15-24-6)17(3)11-16(22)2/h11-14,24H,15H2,1-6H3. The van der Waals surface area contributed by atoms with Crippen molar-refractivity contribution in [2.45, 2.75) is 41.2 Å². The molecule has 0 unspecified atom stereocenters. The van der Waals surface area contributed by atoms with Gasteiger partial charge in [0.1, 0.15) is 0 Å². The van der Waals surface area contributed by atoms with E-state index < -0.39 is 0 Å². The Kier molecular flexibility index (Phi) is 5.86. The predicted octanol–water partition coefficient (Wildman–Crippen LogP) is 4.41. The van der Waals surface area contributed by atoms with Gasteiger partial charge in [0.2, 0.25) is 0 Å². The van der Waals surface area contributed by atoms with Crippen molar-refractivity contribution >= 4 is 0 Å². The van der Waals surface area contributed by atoms with Crippen molar-refractivity contribution in [2.24, 2.45) is 0 Å². The van der Waals surface area contributed by atoms with Gasteiger partial charge in [0, 0.05) is 23.2 Å². The minimum absolute atomic E-state index is 0.864. The average molecular weight is 315 g/mol. The summed E-state index contributed by atoms with van der Waals surface area (Å²) in [5, 5.41) is 3.22. The van der Waals surface area contributed by atoms with Gasteiger partial charge in [-0.3, -0.25) is 0 Å². The lowest BCUT2D eigenvalue weighted by Crippen LogP contribution is -2.07. The maximum Gasteiger partial charge on any atom is 0.0281 e. The molecule has 1 nitrogen and oxygen atoms in total. The molecule has 2 aromatic carbocycles. The molecule has 0 radical (unpaired) electrons. The molecule has 1 N–H and O–H groups in total. The number of aryl methyl sites for hydroxylation is 4. The molecule has 0 spiro atoms. The minimum Gasteiger partial charge on any atom is -0.316 e. The fourth-order valence-electron chi connectivity index (χ4n) is 2.77. The van der Waals surface area contributed by atoms with Crippen LogP contribution in [-0.2, 0) is 6.54 Å². The van der Waals surface area contributed by atoms with Crippen molar-refractivity contribution in [2.75, 3.05) is 7.05 Å². The van der Waals surface area contributed by atoms with Crippen LogP contribution >= 0.6 is 0 Å². The Bertz CT molecular complexity index is 865. The first-order chi connectivity index (χ1) is 11.5. The zero-order chi connectivity index (χ0) is 17.7. The zero-order valence-electron chi connectivity index (χ0n) is 15.5. The highest BCUT2D eigenvalue weighted by molar-refractivity contribution is 5.55. The van der Waals surface area contributed by atoms with Gasteiger partial charge in [-0.25, -0.2) is 0 Å². The average Bonchev–Trinajstić information content (AvgIpc) is 2.53. The summed E-state index contributed by atoms with van der Waals surface area (Å²) in [7, 11) is 1.97. The minimum atomic E-state index is 0.864. The van der Waals surface area contributed by atoms with E-state index in [9.17, 15) is 0 Å². The van der Waals surface area contributed by atoms with E-state index in [0.29, 0.717) is 0 Å². The summed E-state index contributed by atoms with van der Waals surface area (Å²) in [5.41, 5.74) is 9.44. The first kappa shape index (κ1) is 17.9. The van der Waals surface area contributed by atoms with Gasteiger partial charge in [-0.05, 0) is 87.7 Å². The van der Waals surface area contributed by atoms with Gasteiger partial charge in [-0.15, -0.1) is 5.92 Å². The van der Waals surface area contributed by atoms with Crippen LogP contribution in [0.15, 0.2) is 24.3 Å². The topological polar surface area (TPSA) is 12.0 Å². The molecule has 24 heavy (non-hydrogen) atoms. The second-order valence-corrected chi connectivity index (χ2v) is 6.23. The monoisotopic (exact) mass is 315 g/mol. The third-order valence-electron chi connectivity index (χ3n) is 4.21. The lowest BCUT2D eigenvalue weighted by molar-refractivity contribution is 0.811. The Morgan fingerprint density at radius 2 is 1.21 bits per heavy atom. The van der Waals surface area contributed by atoms with Gasteiger partial charge in [0.25, 0.3) is 0 Å². The van der Waals surface area contributed by atoms with E-state index in [2.05, 4.69) is 81.0 Å². The highest BCUT2D eigenvalue weighted by Crippen LogP contribution is 2.17. The number of hydrogen-bond acceptors (Lipinski definition) is 1. The Labute approximate surface area is 146 Å². The van der Waals surface area contributed by atoms with Gasteiger partial charge >= 0.3 is 0 Å². The van der Waals surface area contributed by atoms with Crippen LogP contribution in [-0.4, -0.2) is 7.05 Å². The summed E-state index contributed by atoms with van der Waals surface area (Å²) in [4.78, 5) is 0. The molecule has 0 bridgehead atoms. The van der Waals surface area contributed by atoms with Crippen molar-refractivity contribution < 1.29 is 0 Å². The molecule has 0 saturated heterocycles. The molecular formula is C23H25N. The molecular weight excluding hydrogens is 290 g/mol. The maximum atomic E-state index is 3.36. The molecule has 0 aromatic heterocycles. The Balaban J connectivity index is 2.44. The largest absolute Gasteiger partial charge is 0.316 e. The van der Waals surface area contributed by atoms with Crippen LogP contribution in [0.3, 0.4) is 0 Å². The smallest absolute Gasteiger partial charge is 0.0281 e. The quantitative estimate of drug-likeness (QED) is 0.809. The molecule has 2 aromatic rings. The molecule has 0 aliphatic heterocycles. The first-order valence-corrected chi connectivity index (χ1v) is 8.27. The van der Waals surface area contributed by atoms with E-state index in [1.807, 2.05) is 14.0 Å². The summed E-state index contributed by atoms with van der Waals surface area (Å²) in [6.45, 7) is 11.2. The fraction of sp³-hybridized carbons (Fsp3) is 0.304. The van der Waals surface area contributed by atoms with Gasteiger partial charge in [0.15, 0.2) is 0 Å². The van der Waals surface area contributed by atoms with E-state index in [4.69, 9.17) is 0 Å². The summed E-state index contributed by atoms with van der Waals surface area (Å²) >= 11 is 0.